The molecule has 17 heavy (non-hydrogen) atoms. The van der Waals surface area contributed by atoms with Crippen LogP contribution in [0.1, 0.15) is 25.8 Å². The first-order chi connectivity index (χ1) is 7.98. The summed E-state index contributed by atoms with van der Waals surface area (Å²) in [6, 6.07) is 1.21. The summed E-state index contributed by atoms with van der Waals surface area (Å²) in [5.74, 6) is -0.223. The number of aliphatic hydroxyl groups is 1. The van der Waals surface area contributed by atoms with Gasteiger partial charge in [0.1, 0.15) is 5.82 Å². The Morgan fingerprint density at radius 1 is 1.47 bits per heavy atom. The van der Waals surface area contributed by atoms with Crippen LogP contribution in [0.5, 0.6) is 5.88 Å². The fraction of sp³-hybridized carbons (Fsp3) is 0.583. The highest BCUT2D eigenvalue weighted by Crippen LogP contribution is 2.18. The molecule has 0 saturated heterocycles. The van der Waals surface area contributed by atoms with E-state index in [0.717, 1.165) is 6.20 Å². The molecule has 0 spiro atoms. The minimum Gasteiger partial charge on any atom is -0.477 e. The monoisotopic (exact) mass is 243 g/mol. The van der Waals surface area contributed by atoms with E-state index in [2.05, 4.69) is 4.98 Å². The summed E-state index contributed by atoms with van der Waals surface area (Å²) in [7, 11) is 1.63. The Morgan fingerprint density at radius 3 is 2.76 bits per heavy atom. The minimum atomic E-state index is -0.487. The first kappa shape index (κ1) is 13.9. The van der Waals surface area contributed by atoms with Crippen molar-refractivity contribution in [2.45, 2.75) is 32.5 Å². The molecule has 1 heterocycles. The largest absolute Gasteiger partial charge is 0.477 e. The number of ether oxygens (including phenoxy) is 2. The van der Waals surface area contributed by atoms with Crippen molar-refractivity contribution in [2.24, 2.45) is 0 Å². The molecule has 5 heteroatoms. The van der Waals surface area contributed by atoms with Gasteiger partial charge >= 0.3 is 0 Å². The van der Waals surface area contributed by atoms with Crippen molar-refractivity contribution in [1.82, 2.24) is 4.98 Å². The molecule has 1 N–H and O–H groups in total. The second kappa shape index (κ2) is 5.93. The summed E-state index contributed by atoms with van der Waals surface area (Å²) in [5, 5.41) is 9.04. The standard InChI is InChI=1S/C12H18FNO3/c1-12(2,16-3)4-5-17-11-9(8-15)6-10(13)7-14-11/h6-7,15H,4-5,8H2,1-3H3. The van der Waals surface area contributed by atoms with Gasteiger partial charge in [0.2, 0.25) is 5.88 Å². The summed E-state index contributed by atoms with van der Waals surface area (Å²) < 4.78 is 23.5. The Hall–Kier alpha value is -1.20. The van der Waals surface area contributed by atoms with Gasteiger partial charge in [-0.15, -0.1) is 0 Å². The molecule has 96 valence electrons. The lowest BCUT2D eigenvalue weighted by atomic mass is 10.1. The molecule has 0 fully saturated rings. The number of rotatable bonds is 6. The van der Waals surface area contributed by atoms with Gasteiger partial charge in [-0.25, -0.2) is 9.37 Å². The minimum absolute atomic E-state index is 0.265. The smallest absolute Gasteiger partial charge is 0.219 e. The number of hydrogen-bond acceptors (Lipinski definition) is 4. The van der Waals surface area contributed by atoms with Crippen molar-refractivity contribution in [3.05, 3.63) is 23.6 Å². The van der Waals surface area contributed by atoms with E-state index in [-0.39, 0.29) is 18.1 Å². The van der Waals surface area contributed by atoms with Crippen molar-refractivity contribution < 1.29 is 19.0 Å². The number of aromatic nitrogens is 1. The zero-order valence-electron chi connectivity index (χ0n) is 10.4. The van der Waals surface area contributed by atoms with E-state index in [9.17, 15) is 4.39 Å². The van der Waals surface area contributed by atoms with Crippen LogP contribution in [0.25, 0.3) is 0 Å². The maximum atomic E-state index is 12.9. The lowest BCUT2D eigenvalue weighted by molar-refractivity contribution is 0.00490. The Labute approximate surface area is 100 Å². The van der Waals surface area contributed by atoms with Gasteiger partial charge in [-0.2, -0.15) is 0 Å². The van der Waals surface area contributed by atoms with E-state index >= 15 is 0 Å². The van der Waals surface area contributed by atoms with E-state index in [4.69, 9.17) is 14.6 Å². The number of methoxy groups -OCH3 is 1. The first-order valence-electron chi connectivity index (χ1n) is 5.42. The number of aliphatic hydroxyl groups excluding tert-OH is 1. The molecule has 0 atom stereocenters. The van der Waals surface area contributed by atoms with Crippen LogP contribution in [0.4, 0.5) is 4.39 Å². The molecule has 0 aliphatic carbocycles. The van der Waals surface area contributed by atoms with Gasteiger partial charge in [-0.1, -0.05) is 0 Å². The molecule has 0 radical (unpaired) electrons. The number of nitrogens with zero attached hydrogens (tertiary/aromatic N) is 1. The highest BCUT2D eigenvalue weighted by Gasteiger charge is 2.16. The summed E-state index contributed by atoms with van der Waals surface area (Å²) in [6.07, 6.45) is 1.74. The molecule has 0 unspecified atom stereocenters. The van der Waals surface area contributed by atoms with Crippen LogP contribution in [0.2, 0.25) is 0 Å². The third-order valence-corrected chi connectivity index (χ3v) is 2.56. The number of halogens is 1. The van der Waals surface area contributed by atoms with Crippen LogP contribution < -0.4 is 4.74 Å². The number of pyridine rings is 1. The van der Waals surface area contributed by atoms with Crippen molar-refractivity contribution >= 4 is 0 Å². The van der Waals surface area contributed by atoms with E-state index < -0.39 is 5.82 Å². The van der Waals surface area contributed by atoms with E-state index in [1.54, 1.807) is 7.11 Å². The highest BCUT2D eigenvalue weighted by atomic mass is 19.1. The summed E-state index contributed by atoms with van der Waals surface area (Å²) >= 11 is 0. The lowest BCUT2D eigenvalue weighted by Gasteiger charge is -2.22. The lowest BCUT2D eigenvalue weighted by Crippen LogP contribution is -2.25. The topological polar surface area (TPSA) is 51.6 Å². The molecule has 0 aromatic carbocycles. The summed E-state index contributed by atoms with van der Waals surface area (Å²) in [6.45, 7) is 3.99. The van der Waals surface area contributed by atoms with Gasteiger partial charge in [0, 0.05) is 19.1 Å². The zero-order chi connectivity index (χ0) is 12.9. The van der Waals surface area contributed by atoms with Crippen molar-refractivity contribution in [2.75, 3.05) is 13.7 Å². The van der Waals surface area contributed by atoms with E-state index in [0.29, 0.717) is 18.6 Å². The quantitative estimate of drug-likeness (QED) is 0.829. The van der Waals surface area contributed by atoms with Gasteiger partial charge in [-0.05, 0) is 19.9 Å². The molecule has 0 aliphatic rings. The van der Waals surface area contributed by atoms with Crippen LogP contribution in [-0.4, -0.2) is 29.4 Å². The Bertz CT molecular complexity index is 369. The molecule has 1 aromatic heterocycles. The Kier molecular flexibility index (Phi) is 4.84. The van der Waals surface area contributed by atoms with Crippen LogP contribution in [0.15, 0.2) is 12.3 Å². The Morgan fingerprint density at radius 2 is 2.18 bits per heavy atom. The second-order valence-electron chi connectivity index (χ2n) is 4.34. The van der Waals surface area contributed by atoms with Gasteiger partial charge in [0.05, 0.1) is 25.0 Å². The molecule has 0 aliphatic heterocycles. The highest BCUT2D eigenvalue weighted by molar-refractivity contribution is 5.25. The maximum absolute atomic E-state index is 12.9. The third kappa shape index (κ3) is 4.28. The zero-order valence-corrected chi connectivity index (χ0v) is 10.4. The Balaban J connectivity index is 2.57. The van der Waals surface area contributed by atoms with Gasteiger partial charge in [-0.3, -0.25) is 0 Å². The van der Waals surface area contributed by atoms with E-state index in [1.165, 1.54) is 6.07 Å². The molecular formula is C12H18FNO3. The normalized spacial score (nSPS) is 11.6. The molecule has 0 bridgehead atoms. The molecule has 0 saturated carbocycles. The van der Waals surface area contributed by atoms with Gasteiger partial charge < -0.3 is 14.6 Å². The molecule has 4 nitrogen and oxygen atoms in total. The maximum Gasteiger partial charge on any atom is 0.219 e. The molecule has 1 aromatic rings. The SMILES string of the molecule is COC(C)(C)CCOc1ncc(F)cc1CO. The second-order valence-corrected chi connectivity index (χ2v) is 4.34. The van der Waals surface area contributed by atoms with Crippen molar-refractivity contribution in [1.29, 1.82) is 0 Å². The van der Waals surface area contributed by atoms with Crippen LogP contribution in [-0.2, 0) is 11.3 Å². The fourth-order valence-corrected chi connectivity index (χ4v) is 1.21. The molecule has 1 rings (SSSR count). The summed E-state index contributed by atoms with van der Waals surface area (Å²) in [5.41, 5.74) is 0.0691. The first-order valence-corrected chi connectivity index (χ1v) is 5.42. The molecule has 0 amide bonds. The van der Waals surface area contributed by atoms with Crippen LogP contribution in [0, 0.1) is 5.82 Å². The average molecular weight is 243 g/mol. The van der Waals surface area contributed by atoms with Gasteiger partial charge in [0.25, 0.3) is 0 Å². The predicted octanol–water partition coefficient (Wildman–Crippen LogP) is 1.91. The summed E-state index contributed by atoms with van der Waals surface area (Å²) in [4.78, 5) is 3.80. The number of hydrogen-bond donors (Lipinski definition) is 1. The van der Waals surface area contributed by atoms with E-state index in [1.807, 2.05) is 13.8 Å². The predicted molar refractivity (Wildman–Crippen MR) is 61.3 cm³/mol. The van der Waals surface area contributed by atoms with Crippen molar-refractivity contribution in [3.8, 4) is 5.88 Å². The molecular weight excluding hydrogens is 225 g/mol. The van der Waals surface area contributed by atoms with Crippen molar-refractivity contribution in [3.63, 3.8) is 0 Å². The average Bonchev–Trinajstić information content (AvgIpc) is 2.30. The van der Waals surface area contributed by atoms with Gasteiger partial charge in [0.15, 0.2) is 0 Å². The van der Waals surface area contributed by atoms with Crippen LogP contribution in [0.3, 0.4) is 0 Å². The fourth-order valence-electron chi connectivity index (χ4n) is 1.21. The van der Waals surface area contributed by atoms with Crippen LogP contribution >= 0.6 is 0 Å². The third-order valence-electron chi connectivity index (χ3n) is 2.56.